The molecule has 2 rings (SSSR count). The van der Waals surface area contributed by atoms with Gasteiger partial charge < -0.3 is 5.73 Å². The van der Waals surface area contributed by atoms with Crippen LogP contribution >= 0.6 is 0 Å². The van der Waals surface area contributed by atoms with E-state index in [1.807, 2.05) is 13.1 Å². The number of hydrogen-bond donors (Lipinski definition) is 1. The lowest BCUT2D eigenvalue weighted by Gasteiger charge is -2.36. The molecule has 1 aromatic rings. The van der Waals surface area contributed by atoms with Gasteiger partial charge in [0.05, 0.1) is 5.69 Å². The molecule has 1 aliphatic heterocycles. The molecule has 4 heteroatoms. The van der Waals surface area contributed by atoms with Crippen LogP contribution in [0, 0.1) is 13.8 Å². The largest absolute Gasteiger partial charge is 0.398 e. The Morgan fingerprint density at radius 2 is 1.84 bits per heavy atom. The third-order valence-corrected chi connectivity index (χ3v) is 4.19. The Balaban J connectivity index is 1.98. The molecule has 0 unspecified atom stereocenters. The van der Waals surface area contributed by atoms with Gasteiger partial charge in [-0.05, 0) is 38.8 Å². The SMILES string of the molecule is Cc1cnc(CN2CCN(C(C)C)CC2)c(C)c1N. The van der Waals surface area contributed by atoms with Crippen molar-refractivity contribution in [2.45, 2.75) is 40.3 Å². The minimum Gasteiger partial charge on any atom is -0.398 e. The first-order valence-electron chi connectivity index (χ1n) is 7.16. The van der Waals surface area contributed by atoms with Gasteiger partial charge in [0.25, 0.3) is 0 Å². The Hall–Kier alpha value is -1.13. The second-order valence-electron chi connectivity index (χ2n) is 5.83. The molecule has 0 aromatic carbocycles. The van der Waals surface area contributed by atoms with Crippen molar-refractivity contribution in [3.8, 4) is 0 Å². The number of pyridine rings is 1. The molecule has 0 saturated carbocycles. The summed E-state index contributed by atoms with van der Waals surface area (Å²) in [6.07, 6.45) is 1.89. The summed E-state index contributed by atoms with van der Waals surface area (Å²) >= 11 is 0. The Morgan fingerprint density at radius 3 is 2.42 bits per heavy atom. The molecule has 1 aliphatic rings. The van der Waals surface area contributed by atoms with Gasteiger partial charge in [-0.2, -0.15) is 0 Å². The number of nitrogens with zero attached hydrogens (tertiary/aromatic N) is 3. The molecule has 2 N–H and O–H groups in total. The van der Waals surface area contributed by atoms with Crippen LogP contribution < -0.4 is 5.73 Å². The standard InChI is InChI=1S/C15H26N4/c1-11(2)19-7-5-18(6-8-19)10-14-13(4)15(16)12(3)9-17-14/h9,11H,5-8,10H2,1-4H3,(H2,16,17). The molecular formula is C15H26N4. The molecule has 0 bridgehead atoms. The molecule has 0 aliphatic carbocycles. The first kappa shape index (κ1) is 14.3. The van der Waals surface area contributed by atoms with Crippen LogP contribution in [0.1, 0.15) is 30.7 Å². The fraction of sp³-hybridized carbons (Fsp3) is 0.667. The summed E-state index contributed by atoms with van der Waals surface area (Å²) in [5, 5.41) is 0. The zero-order valence-corrected chi connectivity index (χ0v) is 12.6. The Labute approximate surface area is 116 Å². The zero-order chi connectivity index (χ0) is 14.0. The summed E-state index contributed by atoms with van der Waals surface area (Å²) in [4.78, 5) is 9.55. The summed E-state index contributed by atoms with van der Waals surface area (Å²) in [7, 11) is 0. The molecule has 0 amide bonds. The van der Waals surface area contributed by atoms with Gasteiger partial charge in [0.2, 0.25) is 0 Å². The maximum atomic E-state index is 6.08. The highest BCUT2D eigenvalue weighted by Crippen LogP contribution is 2.19. The summed E-state index contributed by atoms with van der Waals surface area (Å²) in [5.74, 6) is 0. The highest BCUT2D eigenvalue weighted by atomic mass is 15.3. The van der Waals surface area contributed by atoms with E-state index in [0.29, 0.717) is 6.04 Å². The molecule has 19 heavy (non-hydrogen) atoms. The maximum Gasteiger partial charge on any atom is 0.0593 e. The number of aromatic nitrogens is 1. The monoisotopic (exact) mass is 262 g/mol. The van der Waals surface area contributed by atoms with Gasteiger partial charge in [0, 0.05) is 50.6 Å². The average Bonchev–Trinajstić information content (AvgIpc) is 2.40. The number of hydrogen-bond acceptors (Lipinski definition) is 4. The third-order valence-electron chi connectivity index (χ3n) is 4.19. The van der Waals surface area contributed by atoms with Crippen molar-refractivity contribution in [3.63, 3.8) is 0 Å². The number of nitrogen functional groups attached to an aromatic ring is 1. The van der Waals surface area contributed by atoms with Gasteiger partial charge in [-0.15, -0.1) is 0 Å². The van der Waals surface area contributed by atoms with E-state index in [1.54, 1.807) is 0 Å². The maximum absolute atomic E-state index is 6.08. The van der Waals surface area contributed by atoms with Crippen LogP contribution in [0.15, 0.2) is 6.20 Å². The number of nitrogens with two attached hydrogens (primary N) is 1. The van der Waals surface area contributed by atoms with Gasteiger partial charge >= 0.3 is 0 Å². The van der Waals surface area contributed by atoms with E-state index in [-0.39, 0.29) is 0 Å². The molecule has 106 valence electrons. The van der Waals surface area contributed by atoms with Crippen LogP contribution in [0.3, 0.4) is 0 Å². The van der Waals surface area contributed by atoms with Gasteiger partial charge in [0.1, 0.15) is 0 Å². The Bertz CT molecular complexity index is 434. The van der Waals surface area contributed by atoms with E-state index in [4.69, 9.17) is 5.73 Å². The molecule has 2 heterocycles. The number of rotatable bonds is 3. The Kier molecular flexibility index (Phi) is 4.42. The van der Waals surface area contributed by atoms with Crippen LogP contribution in [-0.2, 0) is 6.54 Å². The van der Waals surface area contributed by atoms with Crippen LogP contribution in [0.4, 0.5) is 5.69 Å². The van der Waals surface area contributed by atoms with Crippen molar-refractivity contribution in [3.05, 3.63) is 23.0 Å². The fourth-order valence-electron chi connectivity index (χ4n) is 2.60. The molecule has 1 saturated heterocycles. The summed E-state index contributed by atoms with van der Waals surface area (Å²) < 4.78 is 0. The first-order chi connectivity index (χ1) is 8.99. The normalized spacial score (nSPS) is 18.2. The topological polar surface area (TPSA) is 45.4 Å². The van der Waals surface area contributed by atoms with Gasteiger partial charge in [-0.3, -0.25) is 14.8 Å². The second-order valence-corrected chi connectivity index (χ2v) is 5.83. The lowest BCUT2D eigenvalue weighted by Crippen LogP contribution is -2.48. The van der Waals surface area contributed by atoms with Crippen molar-refractivity contribution in [2.75, 3.05) is 31.9 Å². The molecular weight excluding hydrogens is 236 g/mol. The summed E-state index contributed by atoms with van der Waals surface area (Å²) in [5.41, 5.74) is 10.3. The highest BCUT2D eigenvalue weighted by molar-refractivity contribution is 5.53. The van der Waals surface area contributed by atoms with Gasteiger partial charge in [0.15, 0.2) is 0 Å². The van der Waals surface area contributed by atoms with Crippen LogP contribution in [-0.4, -0.2) is 47.0 Å². The van der Waals surface area contributed by atoms with Gasteiger partial charge in [-0.1, -0.05) is 0 Å². The number of anilines is 1. The van der Waals surface area contributed by atoms with E-state index < -0.39 is 0 Å². The second kappa shape index (κ2) is 5.88. The predicted molar refractivity (Wildman–Crippen MR) is 80.1 cm³/mol. The van der Waals surface area contributed by atoms with Crippen LogP contribution in [0.2, 0.25) is 0 Å². The number of aryl methyl sites for hydroxylation is 1. The molecule has 1 aromatic heterocycles. The van der Waals surface area contributed by atoms with E-state index in [1.165, 1.54) is 0 Å². The molecule has 0 atom stereocenters. The van der Waals surface area contributed by atoms with Crippen molar-refractivity contribution in [2.24, 2.45) is 0 Å². The van der Waals surface area contributed by atoms with E-state index in [2.05, 4.69) is 35.6 Å². The van der Waals surface area contributed by atoms with Gasteiger partial charge in [-0.25, -0.2) is 0 Å². The quantitative estimate of drug-likeness (QED) is 0.902. The average molecular weight is 262 g/mol. The van der Waals surface area contributed by atoms with Crippen molar-refractivity contribution >= 4 is 5.69 Å². The predicted octanol–water partition coefficient (Wildman–Crippen LogP) is 1.81. The van der Waals surface area contributed by atoms with Crippen molar-refractivity contribution in [1.82, 2.24) is 14.8 Å². The minimum atomic E-state index is 0.650. The smallest absolute Gasteiger partial charge is 0.0593 e. The highest BCUT2D eigenvalue weighted by Gasteiger charge is 2.19. The molecule has 0 spiro atoms. The molecule has 0 radical (unpaired) electrons. The van der Waals surface area contributed by atoms with Crippen molar-refractivity contribution in [1.29, 1.82) is 0 Å². The lowest BCUT2D eigenvalue weighted by molar-refractivity contribution is 0.103. The molecule has 4 nitrogen and oxygen atoms in total. The summed E-state index contributed by atoms with van der Waals surface area (Å²) in [6, 6.07) is 0.650. The lowest BCUT2D eigenvalue weighted by atomic mass is 10.1. The van der Waals surface area contributed by atoms with E-state index in [9.17, 15) is 0 Å². The van der Waals surface area contributed by atoms with Crippen LogP contribution in [0.25, 0.3) is 0 Å². The Morgan fingerprint density at radius 1 is 1.21 bits per heavy atom. The minimum absolute atomic E-state index is 0.650. The van der Waals surface area contributed by atoms with Crippen molar-refractivity contribution < 1.29 is 0 Å². The fourth-order valence-corrected chi connectivity index (χ4v) is 2.60. The zero-order valence-electron chi connectivity index (χ0n) is 12.6. The summed E-state index contributed by atoms with van der Waals surface area (Å²) in [6.45, 7) is 14.1. The van der Waals surface area contributed by atoms with Crippen LogP contribution in [0.5, 0.6) is 0 Å². The first-order valence-corrected chi connectivity index (χ1v) is 7.16. The molecule has 1 fully saturated rings. The van der Waals surface area contributed by atoms with E-state index in [0.717, 1.165) is 55.2 Å². The third kappa shape index (κ3) is 3.25. The van der Waals surface area contributed by atoms with E-state index >= 15 is 0 Å². The number of piperazine rings is 1.